The molecule has 3 heteroatoms. The lowest BCUT2D eigenvalue weighted by Gasteiger charge is -2.40. The summed E-state index contributed by atoms with van der Waals surface area (Å²) >= 11 is 0. The van der Waals surface area contributed by atoms with Crippen molar-refractivity contribution in [2.75, 3.05) is 0 Å². The van der Waals surface area contributed by atoms with Crippen molar-refractivity contribution in [2.45, 2.75) is 143 Å². The Morgan fingerprint density at radius 3 is 1.20 bits per heavy atom. The third-order valence-corrected chi connectivity index (χ3v) is 12.1. The molecule has 2 aromatic heterocycles. The van der Waals surface area contributed by atoms with Gasteiger partial charge in [-0.1, -0.05) is 153 Å². The molecule has 2 aliphatic carbocycles. The molecule has 0 radical (unpaired) electrons. The number of aryl methyl sites for hydroxylation is 2. The van der Waals surface area contributed by atoms with Gasteiger partial charge in [0.2, 0.25) is 0 Å². The third-order valence-electron chi connectivity index (χ3n) is 12.1. The molecule has 2 fully saturated rings. The van der Waals surface area contributed by atoms with Crippen LogP contribution in [0.2, 0.25) is 0 Å². The normalized spacial score (nSPS) is 22.0. The van der Waals surface area contributed by atoms with Crippen molar-refractivity contribution in [2.24, 2.45) is 23.7 Å². The summed E-state index contributed by atoms with van der Waals surface area (Å²) in [4.78, 5) is 9.66. The van der Waals surface area contributed by atoms with Gasteiger partial charge < -0.3 is 4.74 Å². The average molecular weight is 685 g/mol. The summed E-state index contributed by atoms with van der Waals surface area (Å²) in [5.41, 5.74) is 9.76. The molecule has 2 unspecified atom stereocenters. The minimum absolute atomic E-state index is 0.0901. The van der Waals surface area contributed by atoms with Gasteiger partial charge in [-0.25, -0.2) is 0 Å². The Morgan fingerprint density at radius 2 is 0.882 bits per heavy atom. The van der Waals surface area contributed by atoms with Crippen molar-refractivity contribution in [3.63, 3.8) is 0 Å². The fourth-order valence-electron chi connectivity index (χ4n) is 9.21. The molecule has 0 spiro atoms. The van der Waals surface area contributed by atoms with E-state index in [9.17, 15) is 0 Å². The van der Waals surface area contributed by atoms with Crippen LogP contribution >= 0.6 is 0 Å². The van der Waals surface area contributed by atoms with Crippen LogP contribution in [0.15, 0.2) is 85.2 Å². The van der Waals surface area contributed by atoms with Crippen LogP contribution in [-0.4, -0.2) is 9.97 Å². The highest BCUT2D eigenvalue weighted by atomic mass is 16.5. The molecule has 2 atom stereocenters. The predicted molar refractivity (Wildman–Crippen MR) is 215 cm³/mol. The van der Waals surface area contributed by atoms with Gasteiger partial charge in [-0.05, 0) is 96.6 Å². The summed E-state index contributed by atoms with van der Waals surface area (Å²) in [5, 5.41) is 0. The molecule has 0 aliphatic heterocycles. The van der Waals surface area contributed by atoms with Crippen molar-refractivity contribution in [1.82, 2.24) is 9.97 Å². The molecule has 6 rings (SSSR count). The third kappa shape index (κ3) is 9.98. The van der Waals surface area contributed by atoms with E-state index in [1.165, 1.54) is 110 Å². The highest BCUT2D eigenvalue weighted by Gasteiger charge is 2.35. The topological polar surface area (TPSA) is 35.0 Å². The molecule has 2 aliphatic rings. The van der Waals surface area contributed by atoms with Gasteiger partial charge in [0.1, 0.15) is 0 Å². The molecular weight excluding hydrogens is 621 g/mol. The molecule has 0 amide bonds. The van der Waals surface area contributed by atoms with Crippen LogP contribution in [0.4, 0.5) is 0 Å². The first-order chi connectivity index (χ1) is 25.1. The van der Waals surface area contributed by atoms with Crippen molar-refractivity contribution < 1.29 is 4.74 Å². The van der Waals surface area contributed by atoms with Gasteiger partial charge in [-0.2, -0.15) is 0 Å². The van der Waals surface area contributed by atoms with E-state index < -0.39 is 0 Å². The Morgan fingerprint density at radius 1 is 0.490 bits per heavy atom. The van der Waals surface area contributed by atoms with E-state index in [2.05, 4.69) is 113 Å². The number of ether oxygens (including phenoxy) is 1. The maximum atomic E-state index is 7.64. The van der Waals surface area contributed by atoms with Crippen LogP contribution in [0.5, 0.6) is 0 Å². The lowest BCUT2D eigenvalue weighted by molar-refractivity contribution is -0.0907. The molecule has 2 aromatic carbocycles. The van der Waals surface area contributed by atoms with Crippen LogP contribution < -0.4 is 0 Å². The maximum Gasteiger partial charge on any atom is 0.0861 e. The predicted octanol–water partition coefficient (Wildman–Crippen LogP) is 13.7. The standard InChI is InChI=1S/C48H64N2O/c1-5-9-35-13-19-41(20-14-35)47(43-27-23-39(24-28-43)45-31-17-37(11-7-3)33-49-45)51-48(42-21-15-36(10-6-2)16-22-42)44-29-25-40(26-30-44)46-32-18-38(12-8-4)34-50-46/h17-18,23-36,41-42,47-48H,5-16,19-22H2,1-4H3/t35-,36-,41-,42-,47?,48?. The molecule has 272 valence electrons. The summed E-state index contributed by atoms with van der Waals surface area (Å²) < 4.78 is 7.64. The minimum atomic E-state index is 0.0901. The Kier molecular flexibility index (Phi) is 13.9. The van der Waals surface area contributed by atoms with Crippen molar-refractivity contribution in [3.8, 4) is 22.5 Å². The molecule has 51 heavy (non-hydrogen) atoms. The van der Waals surface area contributed by atoms with E-state index in [1.807, 2.05) is 0 Å². The first-order valence-electron chi connectivity index (χ1n) is 20.8. The van der Waals surface area contributed by atoms with Crippen LogP contribution in [0.1, 0.15) is 152 Å². The molecular formula is C48H64N2O. The second kappa shape index (κ2) is 19.0. The van der Waals surface area contributed by atoms with Gasteiger partial charge in [0.25, 0.3) is 0 Å². The molecule has 0 saturated heterocycles. The van der Waals surface area contributed by atoms with E-state index in [4.69, 9.17) is 14.7 Å². The van der Waals surface area contributed by atoms with Crippen LogP contribution in [0, 0.1) is 23.7 Å². The lowest BCUT2D eigenvalue weighted by atomic mass is 9.75. The molecule has 4 aromatic rings. The summed E-state index contributed by atoms with van der Waals surface area (Å²) in [6, 6.07) is 27.4. The van der Waals surface area contributed by atoms with Crippen molar-refractivity contribution in [1.29, 1.82) is 0 Å². The zero-order valence-corrected chi connectivity index (χ0v) is 32.2. The van der Waals surface area contributed by atoms with Gasteiger partial charge in [-0.15, -0.1) is 0 Å². The first-order valence-corrected chi connectivity index (χ1v) is 20.8. The average Bonchev–Trinajstić information content (AvgIpc) is 3.18. The van der Waals surface area contributed by atoms with Gasteiger partial charge >= 0.3 is 0 Å². The van der Waals surface area contributed by atoms with E-state index in [1.54, 1.807) is 0 Å². The molecule has 0 bridgehead atoms. The van der Waals surface area contributed by atoms with Gasteiger partial charge in [0.05, 0.1) is 23.6 Å². The summed E-state index contributed by atoms with van der Waals surface area (Å²) in [5.74, 6) is 2.83. The summed E-state index contributed by atoms with van der Waals surface area (Å²) in [6.45, 7) is 9.13. The van der Waals surface area contributed by atoms with E-state index >= 15 is 0 Å². The Balaban J connectivity index is 1.29. The van der Waals surface area contributed by atoms with Crippen molar-refractivity contribution in [3.05, 3.63) is 107 Å². The van der Waals surface area contributed by atoms with Crippen LogP contribution in [-0.2, 0) is 17.6 Å². The number of rotatable bonds is 16. The van der Waals surface area contributed by atoms with Crippen molar-refractivity contribution >= 4 is 0 Å². The Labute approximate surface area is 310 Å². The zero-order valence-electron chi connectivity index (χ0n) is 32.2. The first kappa shape index (κ1) is 37.5. The van der Waals surface area contributed by atoms with Gasteiger partial charge in [0, 0.05) is 23.5 Å². The number of nitrogens with zero attached hydrogens (tertiary/aromatic N) is 2. The second-order valence-electron chi connectivity index (χ2n) is 16.0. The summed E-state index contributed by atoms with van der Waals surface area (Å²) in [7, 11) is 0. The minimum Gasteiger partial charge on any atom is -0.365 e. The molecule has 0 N–H and O–H groups in total. The smallest absolute Gasteiger partial charge is 0.0861 e. The zero-order chi connectivity index (χ0) is 35.4. The van der Waals surface area contributed by atoms with Gasteiger partial charge in [0.15, 0.2) is 0 Å². The van der Waals surface area contributed by atoms with Gasteiger partial charge in [-0.3, -0.25) is 9.97 Å². The lowest BCUT2D eigenvalue weighted by Crippen LogP contribution is -2.28. The van der Waals surface area contributed by atoms with E-state index in [-0.39, 0.29) is 12.2 Å². The van der Waals surface area contributed by atoms with E-state index in [0.29, 0.717) is 11.8 Å². The second-order valence-corrected chi connectivity index (χ2v) is 16.0. The number of benzene rings is 2. The molecule has 2 saturated carbocycles. The SMILES string of the molecule is CCCc1ccc(-c2ccc(C(OC(c3ccc(-c4ccc(CCC)cn4)cc3)[C@H]3CC[C@H](CCC)CC3)[C@H]3CC[C@H](CCC)CC3)cc2)nc1. The monoisotopic (exact) mass is 685 g/mol. The Bertz CT molecular complexity index is 1440. The number of pyridine rings is 2. The largest absolute Gasteiger partial charge is 0.365 e. The quantitative estimate of drug-likeness (QED) is 0.118. The summed E-state index contributed by atoms with van der Waals surface area (Å²) in [6.07, 6.45) is 24.4. The number of hydrogen-bond donors (Lipinski definition) is 0. The highest BCUT2D eigenvalue weighted by molar-refractivity contribution is 5.60. The van der Waals surface area contributed by atoms with Crippen LogP contribution in [0.25, 0.3) is 22.5 Å². The Hall–Kier alpha value is -3.30. The van der Waals surface area contributed by atoms with Crippen LogP contribution in [0.3, 0.4) is 0 Å². The van der Waals surface area contributed by atoms with E-state index in [0.717, 1.165) is 48.9 Å². The molecule has 2 heterocycles. The molecule has 3 nitrogen and oxygen atoms in total. The number of hydrogen-bond acceptors (Lipinski definition) is 3. The number of aromatic nitrogens is 2. The highest BCUT2D eigenvalue weighted by Crippen LogP contribution is 2.47. The maximum absolute atomic E-state index is 7.64. The fourth-order valence-corrected chi connectivity index (χ4v) is 9.21. The fraction of sp³-hybridized carbons (Fsp3) is 0.542.